The van der Waals surface area contributed by atoms with Gasteiger partial charge in [-0.25, -0.2) is 4.68 Å². The van der Waals surface area contributed by atoms with Gasteiger partial charge in [-0.05, 0) is 44.2 Å². The molecule has 1 unspecified atom stereocenters. The first-order valence-electron chi connectivity index (χ1n) is 9.86. The van der Waals surface area contributed by atoms with E-state index in [0.717, 1.165) is 33.2 Å². The summed E-state index contributed by atoms with van der Waals surface area (Å²) in [5.41, 5.74) is 4.51. The molecule has 0 bridgehead atoms. The molecule has 158 valence electrons. The third-order valence-electron chi connectivity index (χ3n) is 4.97. The lowest BCUT2D eigenvalue weighted by Gasteiger charge is -2.15. The number of ether oxygens (including phenoxy) is 2. The van der Waals surface area contributed by atoms with Crippen molar-refractivity contribution in [3.05, 3.63) is 65.5 Å². The number of carbonyl (C=O) groups excluding carboxylic acids is 1. The Morgan fingerprint density at radius 2 is 1.77 bits per heavy atom. The van der Waals surface area contributed by atoms with E-state index in [-0.39, 0.29) is 5.91 Å². The number of likely N-dealkylation sites (N-methyl/N-ethyl adjacent to an activating group) is 1. The van der Waals surface area contributed by atoms with E-state index in [2.05, 4.69) is 10.4 Å². The summed E-state index contributed by atoms with van der Waals surface area (Å²) in [4.78, 5) is 13.7. The SMILES string of the molecule is COc1ccc(C[NH+](C)CC(=O)Nc2c(C)nn(-c3ccccc3)c2C)cc1OC. The van der Waals surface area contributed by atoms with Gasteiger partial charge in [0.15, 0.2) is 18.0 Å². The molecule has 0 radical (unpaired) electrons. The van der Waals surface area contributed by atoms with Crippen molar-refractivity contribution in [1.82, 2.24) is 9.78 Å². The van der Waals surface area contributed by atoms with Gasteiger partial charge in [0.05, 0.1) is 44.0 Å². The first kappa shape index (κ1) is 21.4. The highest BCUT2D eigenvalue weighted by atomic mass is 16.5. The van der Waals surface area contributed by atoms with Crippen LogP contribution in [0.1, 0.15) is 17.0 Å². The number of hydrogen-bond acceptors (Lipinski definition) is 4. The number of methoxy groups -OCH3 is 2. The standard InChI is InChI=1S/C23H28N4O3/c1-16-23(17(2)27(25-16)19-9-7-6-8-10-19)24-22(28)15-26(3)14-18-11-12-20(29-4)21(13-18)30-5/h6-13H,14-15H2,1-5H3,(H,24,28)/p+1. The summed E-state index contributed by atoms with van der Waals surface area (Å²) in [6.07, 6.45) is 0. The van der Waals surface area contributed by atoms with Crippen molar-refractivity contribution < 1.29 is 19.2 Å². The van der Waals surface area contributed by atoms with Crippen LogP contribution in [-0.2, 0) is 11.3 Å². The Morgan fingerprint density at radius 1 is 1.07 bits per heavy atom. The van der Waals surface area contributed by atoms with Crippen molar-refractivity contribution in [2.45, 2.75) is 20.4 Å². The number of nitrogens with one attached hydrogen (secondary N) is 2. The van der Waals surface area contributed by atoms with Crippen molar-refractivity contribution in [1.29, 1.82) is 0 Å². The van der Waals surface area contributed by atoms with Crippen molar-refractivity contribution in [2.75, 3.05) is 33.1 Å². The maximum atomic E-state index is 12.7. The lowest BCUT2D eigenvalue weighted by molar-refractivity contribution is -0.885. The predicted molar refractivity (Wildman–Crippen MR) is 117 cm³/mol. The van der Waals surface area contributed by atoms with E-state index in [1.807, 2.05) is 74.1 Å². The molecule has 0 aliphatic heterocycles. The molecule has 3 aromatic rings. The van der Waals surface area contributed by atoms with Crippen LogP contribution >= 0.6 is 0 Å². The molecule has 0 saturated heterocycles. The zero-order valence-electron chi connectivity index (χ0n) is 18.2. The van der Waals surface area contributed by atoms with Gasteiger partial charge >= 0.3 is 0 Å². The van der Waals surface area contributed by atoms with Crippen molar-refractivity contribution >= 4 is 11.6 Å². The maximum absolute atomic E-state index is 12.7. The van der Waals surface area contributed by atoms with Crippen LogP contribution in [0.15, 0.2) is 48.5 Å². The highest BCUT2D eigenvalue weighted by Crippen LogP contribution is 2.27. The van der Waals surface area contributed by atoms with Gasteiger partial charge in [-0.15, -0.1) is 0 Å². The first-order chi connectivity index (χ1) is 14.4. The van der Waals surface area contributed by atoms with Gasteiger partial charge in [-0.1, -0.05) is 18.2 Å². The van der Waals surface area contributed by atoms with Crippen LogP contribution in [0.2, 0.25) is 0 Å². The number of amides is 1. The Balaban J connectivity index is 1.65. The molecule has 0 fully saturated rings. The molecule has 1 heterocycles. The number of hydrogen-bond donors (Lipinski definition) is 2. The summed E-state index contributed by atoms with van der Waals surface area (Å²) in [5, 5.41) is 7.62. The molecule has 2 N–H and O–H groups in total. The normalized spacial score (nSPS) is 11.8. The summed E-state index contributed by atoms with van der Waals surface area (Å²) in [7, 11) is 5.22. The second-order valence-corrected chi connectivity index (χ2v) is 7.34. The van der Waals surface area contributed by atoms with Crippen LogP contribution in [0.4, 0.5) is 5.69 Å². The number of nitrogens with zero attached hydrogens (tertiary/aromatic N) is 2. The summed E-state index contributed by atoms with van der Waals surface area (Å²) in [6.45, 7) is 4.89. The quantitative estimate of drug-likeness (QED) is 0.598. The zero-order chi connectivity index (χ0) is 21.7. The van der Waals surface area contributed by atoms with Crippen LogP contribution < -0.4 is 19.7 Å². The Bertz CT molecular complexity index is 1010. The van der Waals surface area contributed by atoms with Crippen LogP contribution in [-0.4, -0.2) is 43.5 Å². The Kier molecular flexibility index (Phi) is 6.74. The van der Waals surface area contributed by atoms with Gasteiger partial charge in [-0.2, -0.15) is 5.10 Å². The van der Waals surface area contributed by atoms with Crippen molar-refractivity contribution in [2.24, 2.45) is 0 Å². The molecule has 7 nitrogen and oxygen atoms in total. The largest absolute Gasteiger partial charge is 0.493 e. The molecule has 3 rings (SSSR count). The number of aryl methyl sites for hydroxylation is 1. The zero-order valence-corrected chi connectivity index (χ0v) is 18.2. The van der Waals surface area contributed by atoms with Crippen LogP contribution in [0.5, 0.6) is 11.5 Å². The molecule has 1 aromatic heterocycles. The highest BCUT2D eigenvalue weighted by molar-refractivity contribution is 5.92. The van der Waals surface area contributed by atoms with Crippen LogP contribution in [0.25, 0.3) is 5.69 Å². The number of para-hydroxylation sites is 1. The van der Waals surface area contributed by atoms with Gasteiger partial charge in [0.25, 0.3) is 5.91 Å². The Morgan fingerprint density at radius 3 is 2.43 bits per heavy atom. The van der Waals surface area contributed by atoms with E-state index in [0.29, 0.717) is 24.6 Å². The van der Waals surface area contributed by atoms with Gasteiger partial charge < -0.3 is 19.7 Å². The van der Waals surface area contributed by atoms with E-state index in [1.54, 1.807) is 14.2 Å². The van der Waals surface area contributed by atoms with Crippen molar-refractivity contribution in [3.63, 3.8) is 0 Å². The van der Waals surface area contributed by atoms with Crippen LogP contribution in [0.3, 0.4) is 0 Å². The molecule has 0 aliphatic carbocycles. The number of benzene rings is 2. The summed E-state index contributed by atoms with van der Waals surface area (Å²) < 4.78 is 12.5. The van der Waals surface area contributed by atoms with E-state index >= 15 is 0 Å². The molecule has 0 saturated carbocycles. The molecule has 2 aromatic carbocycles. The summed E-state index contributed by atoms with van der Waals surface area (Å²) >= 11 is 0. The topological polar surface area (TPSA) is 69.8 Å². The molecule has 7 heteroatoms. The van der Waals surface area contributed by atoms with Gasteiger partial charge in [-0.3, -0.25) is 4.79 Å². The fraction of sp³-hybridized carbons (Fsp3) is 0.304. The first-order valence-corrected chi connectivity index (χ1v) is 9.86. The smallest absolute Gasteiger partial charge is 0.279 e. The molecular formula is C23H29N4O3+. The molecule has 1 amide bonds. The maximum Gasteiger partial charge on any atom is 0.279 e. The lowest BCUT2D eigenvalue weighted by atomic mass is 10.2. The minimum atomic E-state index is -0.0493. The number of aromatic nitrogens is 2. The highest BCUT2D eigenvalue weighted by Gasteiger charge is 2.18. The van der Waals surface area contributed by atoms with Gasteiger partial charge in [0.2, 0.25) is 0 Å². The molecule has 0 aliphatic rings. The summed E-state index contributed by atoms with van der Waals surface area (Å²) in [5.74, 6) is 1.33. The van der Waals surface area contributed by atoms with E-state index in [1.165, 1.54) is 0 Å². The van der Waals surface area contributed by atoms with Gasteiger partial charge in [0, 0.05) is 5.56 Å². The second kappa shape index (κ2) is 9.45. The average molecular weight is 410 g/mol. The molecular weight excluding hydrogens is 380 g/mol. The van der Waals surface area contributed by atoms with E-state index in [4.69, 9.17) is 9.47 Å². The minimum absolute atomic E-state index is 0.0493. The summed E-state index contributed by atoms with van der Waals surface area (Å²) in [6, 6.07) is 15.7. The number of carbonyl (C=O) groups is 1. The number of anilines is 1. The monoisotopic (exact) mass is 409 g/mol. The molecule has 30 heavy (non-hydrogen) atoms. The average Bonchev–Trinajstić information content (AvgIpc) is 3.02. The third kappa shape index (κ3) is 4.80. The predicted octanol–water partition coefficient (Wildman–Crippen LogP) is 2.16. The van der Waals surface area contributed by atoms with E-state index < -0.39 is 0 Å². The van der Waals surface area contributed by atoms with Gasteiger partial charge in [0.1, 0.15) is 6.54 Å². The fourth-order valence-corrected chi connectivity index (χ4v) is 3.50. The number of quaternary nitrogens is 1. The minimum Gasteiger partial charge on any atom is -0.493 e. The van der Waals surface area contributed by atoms with E-state index in [9.17, 15) is 4.79 Å². The lowest BCUT2D eigenvalue weighted by Crippen LogP contribution is -3.08. The molecule has 0 spiro atoms. The number of rotatable bonds is 8. The van der Waals surface area contributed by atoms with Crippen LogP contribution in [0, 0.1) is 13.8 Å². The fourth-order valence-electron chi connectivity index (χ4n) is 3.50. The second-order valence-electron chi connectivity index (χ2n) is 7.34. The Hall–Kier alpha value is -3.32. The Labute approximate surface area is 177 Å². The van der Waals surface area contributed by atoms with Crippen molar-refractivity contribution in [3.8, 4) is 17.2 Å². The third-order valence-corrected chi connectivity index (χ3v) is 4.97. The molecule has 1 atom stereocenters.